The summed E-state index contributed by atoms with van der Waals surface area (Å²) < 4.78 is 10.8. The molecular weight excluding hydrogens is 262 g/mol. The van der Waals surface area contributed by atoms with Gasteiger partial charge in [0.1, 0.15) is 0 Å². The zero-order valence-corrected chi connectivity index (χ0v) is 11.0. The average molecular weight is 276 g/mol. The quantitative estimate of drug-likeness (QED) is 0.781. The third-order valence-corrected chi connectivity index (χ3v) is 3.23. The van der Waals surface area contributed by atoms with Gasteiger partial charge >= 0.3 is 5.97 Å². The molecule has 1 atom stereocenters. The number of anilines is 1. The van der Waals surface area contributed by atoms with Crippen LogP contribution in [0.2, 0.25) is 5.02 Å². The van der Waals surface area contributed by atoms with Gasteiger partial charge in [-0.25, -0.2) is 4.79 Å². The predicted octanol–water partition coefficient (Wildman–Crippen LogP) is 2.22. The van der Waals surface area contributed by atoms with E-state index in [1.807, 2.05) is 0 Å². The number of carbonyl (C=O) groups is 1. The number of benzene rings is 1. The average Bonchev–Trinajstić information content (AvgIpc) is 2.25. The van der Waals surface area contributed by atoms with Crippen LogP contribution in [-0.2, 0) is 10.8 Å². The molecule has 0 bridgehead atoms. The number of aromatic carboxylic acids is 1. The molecule has 0 saturated heterocycles. The topological polar surface area (TPSA) is 66.4 Å². The molecule has 0 aliphatic heterocycles. The molecule has 1 rings (SSSR count). The molecule has 0 aliphatic carbocycles. The molecule has 0 fully saturated rings. The molecule has 0 saturated carbocycles. The zero-order chi connectivity index (χ0) is 12.8. The SMILES string of the molecule is CS(=O)CCCNc1ccc(Cl)cc1C(=O)O. The van der Waals surface area contributed by atoms with Crippen LogP contribution >= 0.6 is 11.6 Å². The van der Waals surface area contributed by atoms with Crippen molar-refractivity contribution in [1.29, 1.82) is 0 Å². The summed E-state index contributed by atoms with van der Waals surface area (Å²) in [5, 5.41) is 12.4. The zero-order valence-electron chi connectivity index (χ0n) is 9.40. The first kappa shape index (κ1) is 14.0. The Balaban J connectivity index is 2.64. The maximum Gasteiger partial charge on any atom is 0.337 e. The highest BCUT2D eigenvalue weighted by Gasteiger charge is 2.10. The highest BCUT2D eigenvalue weighted by Crippen LogP contribution is 2.20. The van der Waals surface area contributed by atoms with Crippen molar-refractivity contribution >= 4 is 34.1 Å². The number of carboxylic acids is 1. The number of rotatable bonds is 6. The lowest BCUT2D eigenvalue weighted by Crippen LogP contribution is -2.09. The van der Waals surface area contributed by atoms with Gasteiger partial charge in [0.05, 0.1) is 5.56 Å². The molecule has 94 valence electrons. The standard InChI is InChI=1S/C11H14ClNO3S/c1-17(16)6-2-5-13-10-4-3-8(12)7-9(10)11(14)15/h3-4,7,13H,2,5-6H2,1H3,(H,14,15). The largest absolute Gasteiger partial charge is 0.478 e. The fraction of sp³-hybridized carbons (Fsp3) is 0.364. The van der Waals surface area contributed by atoms with Crippen molar-refractivity contribution in [3.05, 3.63) is 28.8 Å². The molecule has 0 radical (unpaired) electrons. The van der Waals surface area contributed by atoms with Gasteiger partial charge in [0.2, 0.25) is 0 Å². The number of hydrogen-bond acceptors (Lipinski definition) is 3. The van der Waals surface area contributed by atoms with Crippen LogP contribution in [0.25, 0.3) is 0 Å². The van der Waals surface area contributed by atoms with E-state index in [0.29, 0.717) is 23.0 Å². The van der Waals surface area contributed by atoms with Crippen molar-refractivity contribution in [3.63, 3.8) is 0 Å². The van der Waals surface area contributed by atoms with E-state index >= 15 is 0 Å². The van der Waals surface area contributed by atoms with Crippen molar-refractivity contribution in [2.75, 3.05) is 23.9 Å². The fourth-order valence-corrected chi connectivity index (χ4v) is 2.07. The van der Waals surface area contributed by atoms with E-state index in [-0.39, 0.29) is 5.56 Å². The highest BCUT2D eigenvalue weighted by molar-refractivity contribution is 7.84. The summed E-state index contributed by atoms with van der Waals surface area (Å²) in [6.45, 7) is 0.585. The summed E-state index contributed by atoms with van der Waals surface area (Å²) in [7, 11) is -0.819. The van der Waals surface area contributed by atoms with Gasteiger partial charge in [0.15, 0.2) is 0 Å². The molecule has 17 heavy (non-hydrogen) atoms. The summed E-state index contributed by atoms with van der Waals surface area (Å²) >= 11 is 5.73. The molecule has 1 aromatic rings. The summed E-state index contributed by atoms with van der Waals surface area (Å²) in [4.78, 5) is 11.0. The van der Waals surface area contributed by atoms with E-state index in [9.17, 15) is 9.00 Å². The van der Waals surface area contributed by atoms with Crippen LogP contribution in [0.4, 0.5) is 5.69 Å². The van der Waals surface area contributed by atoms with Crippen LogP contribution in [0.15, 0.2) is 18.2 Å². The van der Waals surface area contributed by atoms with Crippen LogP contribution in [0.5, 0.6) is 0 Å². The lowest BCUT2D eigenvalue weighted by atomic mass is 10.2. The Morgan fingerprint density at radius 2 is 2.24 bits per heavy atom. The first-order chi connectivity index (χ1) is 8.00. The Morgan fingerprint density at radius 1 is 1.53 bits per heavy atom. The lowest BCUT2D eigenvalue weighted by molar-refractivity contribution is 0.0698. The molecule has 0 heterocycles. The van der Waals surface area contributed by atoms with Crippen molar-refractivity contribution in [2.24, 2.45) is 0 Å². The second-order valence-electron chi connectivity index (χ2n) is 3.55. The van der Waals surface area contributed by atoms with Crippen molar-refractivity contribution in [2.45, 2.75) is 6.42 Å². The van der Waals surface area contributed by atoms with Crippen LogP contribution in [0.1, 0.15) is 16.8 Å². The fourth-order valence-electron chi connectivity index (χ4n) is 1.35. The Hall–Kier alpha value is -1.07. The Bertz CT molecular complexity index is 437. The number of hydrogen-bond donors (Lipinski definition) is 2. The van der Waals surface area contributed by atoms with E-state index in [0.717, 1.165) is 6.42 Å². The normalized spacial score (nSPS) is 12.1. The summed E-state index contributed by atoms with van der Waals surface area (Å²) in [6.07, 6.45) is 2.37. The van der Waals surface area contributed by atoms with Crippen LogP contribution in [0, 0.1) is 0 Å². The van der Waals surface area contributed by atoms with Gasteiger partial charge in [0.25, 0.3) is 0 Å². The molecule has 0 aromatic heterocycles. The molecule has 0 amide bonds. The molecule has 0 aliphatic rings. The Morgan fingerprint density at radius 3 is 2.82 bits per heavy atom. The van der Waals surface area contributed by atoms with Crippen LogP contribution < -0.4 is 5.32 Å². The molecule has 0 spiro atoms. The van der Waals surface area contributed by atoms with E-state index < -0.39 is 16.8 Å². The van der Waals surface area contributed by atoms with Crippen molar-refractivity contribution in [1.82, 2.24) is 0 Å². The molecule has 1 unspecified atom stereocenters. The van der Waals surface area contributed by atoms with E-state index in [4.69, 9.17) is 16.7 Å². The predicted molar refractivity (Wildman–Crippen MR) is 70.5 cm³/mol. The maximum absolute atomic E-state index is 11.0. The summed E-state index contributed by atoms with van der Waals surface area (Å²) in [5.74, 6) is -0.419. The minimum absolute atomic E-state index is 0.148. The van der Waals surface area contributed by atoms with Gasteiger partial charge in [-0.1, -0.05) is 11.6 Å². The van der Waals surface area contributed by atoms with Gasteiger partial charge in [0, 0.05) is 40.1 Å². The van der Waals surface area contributed by atoms with Gasteiger partial charge in [-0.3, -0.25) is 4.21 Å². The van der Waals surface area contributed by atoms with Gasteiger partial charge in [-0.2, -0.15) is 0 Å². The van der Waals surface area contributed by atoms with Crippen LogP contribution in [-0.4, -0.2) is 33.8 Å². The molecule has 2 N–H and O–H groups in total. The summed E-state index contributed by atoms with van der Waals surface area (Å²) in [6, 6.07) is 4.67. The molecular formula is C11H14ClNO3S. The summed E-state index contributed by atoms with van der Waals surface area (Å²) in [5.41, 5.74) is 0.680. The Kier molecular flexibility index (Phi) is 5.44. The first-order valence-electron chi connectivity index (χ1n) is 5.07. The van der Waals surface area contributed by atoms with E-state index in [2.05, 4.69) is 5.32 Å². The maximum atomic E-state index is 11.0. The third kappa shape index (κ3) is 4.75. The first-order valence-corrected chi connectivity index (χ1v) is 7.18. The van der Waals surface area contributed by atoms with Gasteiger partial charge in [-0.15, -0.1) is 0 Å². The monoisotopic (exact) mass is 275 g/mol. The lowest BCUT2D eigenvalue weighted by Gasteiger charge is -2.09. The van der Waals surface area contributed by atoms with E-state index in [1.165, 1.54) is 6.07 Å². The van der Waals surface area contributed by atoms with E-state index in [1.54, 1.807) is 18.4 Å². The smallest absolute Gasteiger partial charge is 0.337 e. The number of carboxylic acid groups (broad SMARTS) is 1. The van der Waals surface area contributed by atoms with Crippen LogP contribution in [0.3, 0.4) is 0 Å². The number of halogens is 1. The van der Waals surface area contributed by atoms with Gasteiger partial charge < -0.3 is 10.4 Å². The van der Waals surface area contributed by atoms with Crippen molar-refractivity contribution in [3.8, 4) is 0 Å². The molecule has 4 nitrogen and oxygen atoms in total. The second kappa shape index (κ2) is 6.61. The minimum atomic E-state index is -1.02. The Labute approximate surface area is 107 Å². The molecule has 1 aromatic carbocycles. The second-order valence-corrected chi connectivity index (χ2v) is 5.54. The van der Waals surface area contributed by atoms with Crippen molar-refractivity contribution < 1.29 is 14.1 Å². The number of nitrogens with one attached hydrogen (secondary N) is 1. The minimum Gasteiger partial charge on any atom is -0.478 e. The molecule has 6 heteroatoms. The highest BCUT2D eigenvalue weighted by atomic mass is 35.5. The third-order valence-electron chi connectivity index (χ3n) is 2.14. The van der Waals surface area contributed by atoms with Gasteiger partial charge in [-0.05, 0) is 24.6 Å².